The summed E-state index contributed by atoms with van der Waals surface area (Å²) in [5.74, 6) is 0.0692. The Morgan fingerprint density at radius 2 is 2.20 bits per heavy atom. The summed E-state index contributed by atoms with van der Waals surface area (Å²) in [5, 5.41) is 4.11. The standard InChI is InChI=1S/C13H21N3O3S/c1-3-19-9-11-8-16(20(17,18)12-4-5-12)7-10-6-14-15(2)13(10)11/h6,11-12H,3-5,7-9H2,1-2H3/t11-/m0/s1. The highest BCUT2D eigenvalue weighted by molar-refractivity contribution is 7.90. The molecule has 3 rings (SSSR count). The summed E-state index contributed by atoms with van der Waals surface area (Å²) in [6, 6.07) is 0. The summed E-state index contributed by atoms with van der Waals surface area (Å²) in [7, 11) is -1.23. The predicted octanol–water partition coefficient (Wildman–Crippen LogP) is 0.848. The molecule has 0 amide bonds. The van der Waals surface area contributed by atoms with Gasteiger partial charge in [0.1, 0.15) is 0 Å². The third-order valence-corrected chi connectivity index (χ3v) is 6.36. The Kier molecular flexibility index (Phi) is 3.60. The maximum Gasteiger partial charge on any atom is 0.217 e. The summed E-state index contributed by atoms with van der Waals surface area (Å²) < 4.78 is 33.9. The van der Waals surface area contributed by atoms with Crippen molar-refractivity contribution < 1.29 is 13.2 Å². The number of hydrogen-bond acceptors (Lipinski definition) is 4. The highest BCUT2D eigenvalue weighted by Crippen LogP contribution is 2.36. The lowest BCUT2D eigenvalue weighted by Gasteiger charge is -2.32. The predicted molar refractivity (Wildman–Crippen MR) is 74.8 cm³/mol. The minimum Gasteiger partial charge on any atom is -0.381 e. The average Bonchev–Trinajstić information content (AvgIpc) is 3.21. The zero-order chi connectivity index (χ0) is 14.3. The van der Waals surface area contributed by atoms with Crippen LogP contribution in [0.15, 0.2) is 6.20 Å². The van der Waals surface area contributed by atoms with E-state index in [-0.39, 0.29) is 11.2 Å². The van der Waals surface area contributed by atoms with Gasteiger partial charge >= 0.3 is 0 Å². The van der Waals surface area contributed by atoms with Crippen LogP contribution in [-0.2, 0) is 28.4 Å². The summed E-state index contributed by atoms with van der Waals surface area (Å²) in [6.45, 7) is 4.08. The van der Waals surface area contributed by atoms with Gasteiger partial charge < -0.3 is 4.74 Å². The van der Waals surface area contributed by atoms with Crippen LogP contribution in [0.3, 0.4) is 0 Å². The van der Waals surface area contributed by atoms with Crippen LogP contribution >= 0.6 is 0 Å². The number of hydrogen-bond donors (Lipinski definition) is 0. The Morgan fingerprint density at radius 3 is 2.85 bits per heavy atom. The first-order valence-electron chi connectivity index (χ1n) is 7.11. The number of rotatable bonds is 5. The van der Waals surface area contributed by atoms with E-state index in [2.05, 4.69) is 5.10 Å². The van der Waals surface area contributed by atoms with Crippen LogP contribution < -0.4 is 0 Å². The molecule has 6 nitrogen and oxygen atoms in total. The van der Waals surface area contributed by atoms with Crippen molar-refractivity contribution in [2.24, 2.45) is 7.05 Å². The van der Waals surface area contributed by atoms with E-state index in [1.807, 2.05) is 18.7 Å². The molecular weight excluding hydrogens is 278 g/mol. The molecule has 1 aliphatic carbocycles. The molecule has 1 aromatic heterocycles. The number of nitrogens with zero attached hydrogens (tertiary/aromatic N) is 3. The summed E-state index contributed by atoms with van der Waals surface area (Å²) in [5.41, 5.74) is 2.12. The second-order valence-electron chi connectivity index (χ2n) is 5.57. The van der Waals surface area contributed by atoms with Gasteiger partial charge in [0.2, 0.25) is 10.0 Å². The molecule has 2 aliphatic rings. The third-order valence-electron chi connectivity index (χ3n) is 4.05. The highest BCUT2D eigenvalue weighted by atomic mass is 32.2. The molecule has 1 atom stereocenters. The monoisotopic (exact) mass is 299 g/mol. The molecule has 7 heteroatoms. The molecule has 1 aliphatic heterocycles. The molecule has 0 aromatic carbocycles. The maximum atomic E-state index is 12.4. The summed E-state index contributed by atoms with van der Waals surface area (Å²) >= 11 is 0. The first-order valence-corrected chi connectivity index (χ1v) is 8.61. The van der Waals surface area contributed by atoms with Crippen molar-refractivity contribution in [2.75, 3.05) is 19.8 Å². The van der Waals surface area contributed by atoms with Gasteiger partial charge in [-0.25, -0.2) is 8.42 Å². The van der Waals surface area contributed by atoms with Crippen molar-refractivity contribution in [1.82, 2.24) is 14.1 Å². The fraction of sp³-hybridized carbons (Fsp3) is 0.769. The van der Waals surface area contributed by atoms with Crippen LogP contribution in [0, 0.1) is 0 Å². The lowest BCUT2D eigenvalue weighted by molar-refractivity contribution is 0.119. The topological polar surface area (TPSA) is 64.4 Å². The van der Waals surface area contributed by atoms with Crippen molar-refractivity contribution >= 4 is 10.0 Å². The molecule has 0 saturated heterocycles. The minimum absolute atomic E-state index is 0.0692. The summed E-state index contributed by atoms with van der Waals surface area (Å²) in [4.78, 5) is 0. The van der Waals surface area contributed by atoms with E-state index in [9.17, 15) is 8.42 Å². The second-order valence-corrected chi connectivity index (χ2v) is 7.78. The van der Waals surface area contributed by atoms with E-state index in [4.69, 9.17) is 4.74 Å². The Hall–Kier alpha value is -0.920. The zero-order valence-corrected chi connectivity index (χ0v) is 12.8. The normalized spacial score (nSPS) is 23.8. The van der Waals surface area contributed by atoms with E-state index >= 15 is 0 Å². The highest BCUT2D eigenvalue weighted by Gasteiger charge is 2.43. The molecule has 1 fully saturated rings. The third kappa shape index (κ3) is 2.38. The van der Waals surface area contributed by atoms with Gasteiger partial charge in [-0.15, -0.1) is 0 Å². The molecule has 1 aromatic rings. The van der Waals surface area contributed by atoms with E-state index < -0.39 is 10.0 Å². The maximum absolute atomic E-state index is 12.4. The molecule has 2 heterocycles. The lowest BCUT2D eigenvalue weighted by atomic mass is 9.99. The van der Waals surface area contributed by atoms with Crippen LogP contribution in [-0.4, -0.2) is 47.5 Å². The molecule has 0 radical (unpaired) electrons. The molecule has 0 bridgehead atoms. The van der Waals surface area contributed by atoms with Gasteiger partial charge in [0.25, 0.3) is 0 Å². The fourth-order valence-corrected chi connectivity index (χ4v) is 4.75. The van der Waals surface area contributed by atoms with Gasteiger partial charge in [-0.3, -0.25) is 4.68 Å². The van der Waals surface area contributed by atoms with E-state index in [1.165, 1.54) is 0 Å². The Labute approximate surface area is 119 Å². The van der Waals surface area contributed by atoms with Crippen molar-refractivity contribution in [2.45, 2.75) is 37.5 Å². The van der Waals surface area contributed by atoms with Gasteiger partial charge in [-0.2, -0.15) is 9.40 Å². The van der Waals surface area contributed by atoms with E-state index in [0.29, 0.717) is 26.3 Å². The molecule has 20 heavy (non-hydrogen) atoms. The molecular formula is C13H21N3O3S. The van der Waals surface area contributed by atoms with Gasteiger partial charge in [0, 0.05) is 43.9 Å². The molecule has 112 valence electrons. The van der Waals surface area contributed by atoms with Gasteiger partial charge in [0.05, 0.1) is 18.1 Å². The quantitative estimate of drug-likeness (QED) is 0.808. The number of aryl methyl sites for hydroxylation is 1. The van der Waals surface area contributed by atoms with Gasteiger partial charge in [-0.05, 0) is 19.8 Å². The SMILES string of the molecule is CCOC[C@@H]1CN(S(=O)(=O)C2CC2)Cc2cnn(C)c21. The first kappa shape index (κ1) is 14.0. The number of sulfonamides is 1. The number of aromatic nitrogens is 2. The summed E-state index contributed by atoms with van der Waals surface area (Å²) in [6.07, 6.45) is 3.38. The van der Waals surface area contributed by atoms with Crippen molar-refractivity contribution in [1.29, 1.82) is 0 Å². The van der Waals surface area contributed by atoms with E-state index in [1.54, 1.807) is 10.5 Å². The van der Waals surface area contributed by atoms with Crippen LogP contribution in [0.4, 0.5) is 0 Å². The van der Waals surface area contributed by atoms with Crippen molar-refractivity contribution in [3.05, 3.63) is 17.5 Å². The van der Waals surface area contributed by atoms with Gasteiger partial charge in [0.15, 0.2) is 0 Å². The number of fused-ring (bicyclic) bond motifs is 1. The van der Waals surface area contributed by atoms with E-state index in [0.717, 1.165) is 24.1 Å². The Morgan fingerprint density at radius 1 is 1.45 bits per heavy atom. The fourth-order valence-electron chi connectivity index (χ4n) is 2.89. The molecule has 0 unspecified atom stereocenters. The van der Waals surface area contributed by atoms with Gasteiger partial charge in [-0.1, -0.05) is 0 Å². The second kappa shape index (κ2) is 5.13. The minimum atomic E-state index is -3.14. The Bertz CT molecular complexity index is 592. The van der Waals surface area contributed by atoms with Crippen LogP contribution in [0.25, 0.3) is 0 Å². The van der Waals surface area contributed by atoms with Crippen LogP contribution in [0.5, 0.6) is 0 Å². The molecule has 0 spiro atoms. The van der Waals surface area contributed by atoms with Crippen molar-refractivity contribution in [3.8, 4) is 0 Å². The Balaban J connectivity index is 1.88. The smallest absolute Gasteiger partial charge is 0.217 e. The van der Waals surface area contributed by atoms with Crippen LogP contribution in [0.1, 0.15) is 36.9 Å². The first-order chi connectivity index (χ1) is 9.54. The molecule has 1 saturated carbocycles. The molecule has 0 N–H and O–H groups in total. The number of ether oxygens (including phenoxy) is 1. The van der Waals surface area contributed by atoms with Crippen LogP contribution in [0.2, 0.25) is 0 Å². The van der Waals surface area contributed by atoms with Crippen molar-refractivity contribution in [3.63, 3.8) is 0 Å². The largest absolute Gasteiger partial charge is 0.381 e. The lowest BCUT2D eigenvalue weighted by Crippen LogP contribution is -2.41. The zero-order valence-electron chi connectivity index (χ0n) is 11.9. The average molecular weight is 299 g/mol.